The van der Waals surface area contributed by atoms with E-state index in [1.165, 1.54) is 0 Å². The van der Waals surface area contributed by atoms with Crippen LogP contribution in [0.25, 0.3) is 0 Å². The smallest absolute Gasteiger partial charge is 0.161 e. The maximum absolute atomic E-state index is 8.94. The number of aliphatic hydroxyl groups is 1. The Hall–Kier alpha value is -1.26. The Balaban J connectivity index is 1.93. The highest BCUT2D eigenvalue weighted by Crippen LogP contribution is 2.30. The van der Waals surface area contributed by atoms with E-state index >= 15 is 0 Å². The molecule has 0 saturated carbocycles. The average molecular weight is 237 g/mol. The largest absolute Gasteiger partial charge is 0.486 e. The van der Waals surface area contributed by atoms with Gasteiger partial charge in [-0.2, -0.15) is 0 Å². The molecule has 1 heterocycles. The molecule has 1 aliphatic heterocycles. The van der Waals surface area contributed by atoms with E-state index in [4.69, 9.17) is 14.6 Å². The van der Waals surface area contributed by atoms with Gasteiger partial charge in [-0.15, -0.1) is 0 Å². The van der Waals surface area contributed by atoms with Crippen LogP contribution in [-0.4, -0.2) is 49.0 Å². The number of likely N-dealkylation sites (N-methyl/N-ethyl adjacent to an activating group) is 1. The fourth-order valence-electron chi connectivity index (χ4n) is 1.96. The summed E-state index contributed by atoms with van der Waals surface area (Å²) in [6.45, 7) is 5.19. The zero-order valence-electron chi connectivity index (χ0n) is 10.1. The lowest BCUT2D eigenvalue weighted by molar-refractivity contribution is 0.0552. The van der Waals surface area contributed by atoms with Gasteiger partial charge >= 0.3 is 0 Å². The van der Waals surface area contributed by atoms with Crippen molar-refractivity contribution in [3.05, 3.63) is 24.3 Å². The van der Waals surface area contributed by atoms with Crippen LogP contribution in [0, 0.1) is 0 Å². The summed E-state index contributed by atoms with van der Waals surface area (Å²) in [5.41, 5.74) is 0. The number of nitrogens with zero attached hydrogens (tertiary/aromatic N) is 1. The van der Waals surface area contributed by atoms with E-state index < -0.39 is 0 Å². The standard InChI is InChI=1S/C13H19NO3/c1-2-14(7-8-15)9-11-10-16-12-5-3-4-6-13(12)17-11/h3-6,11,15H,2,7-10H2,1H3/t11-/m0/s1. The number of rotatable bonds is 5. The van der Waals surface area contributed by atoms with Gasteiger partial charge in [0.05, 0.1) is 6.61 Å². The summed E-state index contributed by atoms with van der Waals surface area (Å²) >= 11 is 0. The summed E-state index contributed by atoms with van der Waals surface area (Å²) in [6, 6.07) is 7.71. The third-order valence-corrected chi connectivity index (χ3v) is 2.89. The van der Waals surface area contributed by atoms with Gasteiger partial charge in [0.15, 0.2) is 11.5 Å². The van der Waals surface area contributed by atoms with Gasteiger partial charge in [0.25, 0.3) is 0 Å². The Morgan fingerprint density at radius 1 is 1.35 bits per heavy atom. The van der Waals surface area contributed by atoms with Crippen molar-refractivity contribution in [2.45, 2.75) is 13.0 Å². The summed E-state index contributed by atoms with van der Waals surface area (Å²) < 4.78 is 11.5. The zero-order valence-corrected chi connectivity index (χ0v) is 10.1. The molecular formula is C13H19NO3. The number of benzene rings is 1. The van der Waals surface area contributed by atoms with E-state index in [0.717, 1.165) is 24.6 Å². The Bertz CT molecular complexity index is 356. The predicted molar refractivity (Wildman–Crippen MR) is 65.6 cm³/mol. The van der Waals surface area contributed by atoms with Crippen LogP contribution in [0.5, 0.6) is 11.5 Å². The SMILES string of the molecule is CCN(CCO)C[C@H]1COc2ccccc2O1. The van der Waals surface area contributed by atoms with Crippen molar-refractivity contribution in [3.8, 4) is 11.5 Å². The zero-order chi connectivity index (χ0) is 12.1. The van der Waals surface area contributed by atoms with Gasteiger partial charge in [-0.1, -0.05) is 19.1 Å². The summed E-state index contributed by atoms with van der Waals surface area (Å²) in [7, 11) is 0. The summed E-state index contributed by atoms with van der Waals surface area (Å²) in [6.07, 6.45) is 0.0383. The second kappa shape index (κ2) is 5.89. The van der Waals surface area contributed by atoms with Crippen LogP contribution in [0.3, 0.4) is 0 Å². The van der Waals surface area contributed by atoms with Crippen molar-refractivity contribution < 1.29 is 14.6 Å². The fraction of sp³-hybridized carbons (Fsp3) is 0.538. The van der Waals surface area contributed by atoms with Gasteiger partial charge in [0, 0.05) is 13.1 Å². The first-order valence-corrected chi connectivity index (χ1v) is 6.05. The molecule has 4 nitrogen and oxygen atoms in total. The highest BCUT2D eigenvalue weighted by Gasteiger charge is 2.22. The lowest BCUT2D eigenvalue weighted by Crippen LogP contribution is -2.41. The third kappa shape index (κ3) is 3.11. The van der Waals surface area contributed by atoms with Crippen LogP contribution in [0.4, 0.5) is 0 Å². The van der Waals surface area contributed by atoms with Crippen molar-refractivity contribution in [2.75, 3.05) is 32.8 Å². The van der Waals surface area contributed by atoms with Crippen LogP contribution in [-0.2, 0) is 0 Å². The molecule has 94 valence electrons. The quantitative estimate of drug-likeness (QED) is 0.834. The van der Waals surface area contributed by atoms with Crippen LogP contribution in [0.15, 0.2) is 24.3 Å². The molecule has 2 rings (SSSR count). The van der Waals surface area contributed by atoms with Gasteiger partial charge in [0.1, 0.15) is 12.7 Å². The molecule has 0 bridgehead atoms. The number of fused-ring (bicyclic) bond motifs is 1. The van der Waals surface area contributed by atoms with Crippen molar-refractivity contribution in [3.63, 3.8) is 0 Å². The Morgan fingerprint density at radius 2 is 2.12 bits per heavy atom. The predicted octanol–water partition coefficient (Wildman–Crippen LogP) is 1.14. The number of hydrogen-bond donors (Lipinski definition) is 1. The third-order valence-electron chi connectivity index (χ3n) is 2.89. The highest BCUT2D eigenvalue weighted by molar-refractivity contribution is 5.40. The summed E-state index contributed by atoms with van der Waals surface area (Å²) in [4.78, 5) is 2.15. The molecule has 1 aliphatic rings. The number of hydrogen-bond acceptors (Lipinski definition) is 4. The van der Waals surface area contributed by atoms with Gasteiger partial charge < -0.3 is 14.6 Å². The van der Waals surface area contributed by atoms with Crippen LogP contribution < -0.4 is 9.47 Å². The minimum atomic E-state index is 0.0383. The van der Waals surface area contributed by atoms with E-state index in [2.05, 4.69) is 11.8 Å². The summed E-state index contributed by atoms with van der Waals surface area (Å²) in [5, 5.41) is 8.94. The van der Waals surface area contributed by atoms with E-state index in [1.807, 2.05) is 24.3 Å². The second-order valence-electron chi connectivity index (χ2n) is 4.11. The molecule has 17 heavy (non-hydrogen) atoms. The maximum atomic E-state index is 8.94. The maximum Gasteiger partial charge on any atom is 0.161 e. The van der Waals surface area contributed by atoms with E-state index in [0.29, 0.717) is 13.2 Å². The average Bonchev–Trinajstić information content (AvgIpc) is 2.38. The molecule has 0 unspecified atom stereocenters. The molecular weight excluding hydrogens is 218 g/mol. The molecule has 0 spiro atoms. The topological polar surface area (TPSA) is 41.9 Å². The van der Waals surface area contributed by atoms with Crippen molar-refractivity contribution >= 4 is 0 Å². The van der Waals surface area contributed by atoms with Crippen LogP contribution in [0.1, 0.15) is 6.92 Å². The molecule has 0 aliphatic carbocycles. The molecule has 0 amide bonds. The molecule has 1 atom stereocenters. The van der Waals surface area contributed by atoms with Crippen LogP contribution in [0.2, 0.25) is 0 Å². The summed E-state index contributed by atoms with van der Waals surface area (Å²) in [5.74, 6) is 1.62. The fourth-order valence-corrected chi connectivity index (χ4v) is 1.96. The Morgan fingerprint density at radius 3 is 2.82 bits per heavy atom. The second-order valence-corrected chi connectivity index (χ2v) is 4.11. The molecule has 0 saturated heterocycles. The van der Waals surface area contributed by atoms with Crippen LogP contribution >= 0.6 is 0 Å². The van der Waals surface area contributed by atoms with Crippen molar-refractivity contribution in [2.24, 2.45) is 0 Å². The first kappa shape index (κ1) is 12.2. The lowest BCUT2D eigenvalue weighted by atomic mass is 10.2. The van der Waals surface area contributed by atoms with Gasteiger partial charge in [-0.05, 0) is 18.7 Å². The van der Waals surface area contributed by atoms with Gasteiger partial charge in [0.2, 0.25) is 0 Å². The number of ether oxygens (including phenoxy) is 2. The monoisotopic (exact) mass is 237 g/mol. The first-order chi connectivity index (χ1) is 8.33. The molecule has 4 heteroatoms. The minimum absolute atomic E-state index is 0.0383. The molecule has 1 aromatic rings. The molecule has 1 aromatic carbocycles. The van der Waals surface area contributed by atoms with E-state index in [1.54, 1.807) is 0 Å². The lowest BCUT2D eigenvalue weighted by Gasteiger charge is -2.30. The highest BCUT2D eigenvalue weighted by atomic mass is 16.6. The van der Waals surface area contributed by atoms with Gasteiger partial charge in [-0.25, -0.2) is 0 Å². The molecule has 0 aromatic heterocycles. The minimum Gasteiger partial charge on any atom is -0.486 e. The van der Waals surface area contributed by atoms with E-state index in [-0.39, 0.29) is 12.7 Å². The van der Waals surface area contributed by atoms with Gasteiger partial charge in [-0.3, -0.25) is 4.90 Å². The van der Waals surface area contributed by atoms with E-state index in [9.17, 15) is 0 Å². The Kier molecular flexibility index (Phi) is 4.23. The molecule has 1 N–H and O–H groups in total. The molecule has 0 fully saturated rings. The van der Waals surface area contributed by atoms with Crippen molar-refractivity contribution in [1.82, 2.24) is 4.90 Å². The molecule has 0 radical (unpaired) electrons. The van der Waals surface area contributed by atoms with Crippen molar-refractivity contribution in [1.29, 1.82) is 0 Å². The Labute approximate surface area is 102 Å². The normalized spacial score (nSPS) is 18.4. The first-order valence-electron chi connectivity index (χ1n) is 6.05. The number of para-hydroxylation sites is 2. The number of aliphatic hydroxyl groups excluding tert-OH is 1.